The van der Waals surface area contributed by atoms with Crippen LogP contribution in [-0.2, 0) is 17.9 Å². The van der Waals surface area contributed by atoms with Gasteiger partial charge in [-0.3, -0.25) is 9.78 Å². The van der Waals surface area contributed by atoms with E-state index in [1.807, 2.05) is 84.9 Å². The minimum Gasteiger partial charge on any atom is -0.493 e. The van der Waals surface area contributed by atoms with E-state index < -0.39 is 5.91 Å². The lowest BCUT2D eigenvalue weighted by molar-refractivity contribution is -0.118. The smallest absolute Gasteiger partial charge is 0.284 e. The Hall–Kier alpha value is -4.82. The topological polar surface area (TPSA) is 97.7 Å². The van der Waals surface area contributed by atoms with Crippen molar-refractivity contribution in [2.24, 2.45) is 10.2 Å². The van der Waals surface area contributed by atoms with E-state index in [0.717, 1.165) is 22.1 Å². The third-order valence-corrected chi connectivity index (χ3v) is 6.68. The number of para-hydroxylation sites is 3. The second kappa shape index (κ2) is 9.91. The van der Waals surface area contributed by atoms with Gasteiger partial charge in [0.15, 0.2) is 11.5 Å². The first kappa shape index (κ1) is 23.6. The highest BCUT2D eigenvalue weighted by Gasteiger charge is 2.19. The second-order valence-electron chi connectivity index (χ2n) is 8.69. The van der Waals surface area contributed by atoms with Crippen LogP contribution >= 0.6 is 11.6 Å². The fourth-order valence-corrected chi connectivity index (χ4v) is 4.72. The average Bonchev–Trinajstić information content (AvgIpc) is 3.44. The lowest BCUT2D eigenvalue weighted by atomic mass is 10.2. The molecule has 0 fully saturated rings. The number of aromatic nitrogens is 4. The fraction of sp³-hybridized carbons (Fsp3) is 0.0690. The largest absolute Gasteiger partial charge is 0.493 e. The van der Waals surface area contributed by atoms with Crippen LogP contribution in [0.5, 0.6) is 5.88 Å². The molecule has 0 saturated heterocycles. The maximum Gasteiger partial charge on any atom is 0.284 e. The normalized spacial score (nSPS) is 11.6. The number of amides is 1. The van der Waals surface area contributed by atoms with Crippen molar-refractivity contribution in [3.8, 4) is 17.4 Å². The molecule has 9 heteroatoms. The summed E-state index contributed by atoms with van der Waals surface area (Å²) in [6, 6.07) is 28.0. The number of hydrogen-bond donors (Lipinski definition) is 1. The van der Waals surface area contributed by atoms with Crippen molar-refractivity contribution < 1.29 is 9.90 Å². The van der Waals surface area contributed by atoms with Gasteiger partial charge in [-0.05, 0) is 42.0 Å². The molecule has 1 amide bonds. The highest BCUT2D eigenvalue weighted by atomic mass is 35.5. The number of benzene rings is 3. The van der Waals surface area contributed by atoms with Gasteiger partial charge in [0.1, 0.15) is 12.2 Å². The number of halogens is 1. The standard InChI is InChI=1S/C29H21ClN6O2/c30-21-11-3-1-9-19(21)17-36-24-14-5-2-10-20(24)27(29(36)38)34-33-26(37)18-35-25-15-6-4-12-22(25)32-28(35)23-13-7-8-16-31-23/h1-16,38H,17-18H2. The van der Waals surface area contributed by atoms with Crippen LogP contribution in [0.3, 0.4) is 0 Å². The van der Waals surface area contributed by atoms with Gasteiger partial charge in [-0.2, -0.15) is 0 Å². The molecule has 38 heavy (non-hydrogen) atoms. The SMILES string of the molecule is O=C(Cn1c(-c2ccccn2)nc2ccccc21)N=Nc1c(O)n(Cc2ccccc2Cl)c2ccccc12. The average molecular weight is 521 g/mol. The van der Waals surface area contributed by atoms with Gasteiger partial charge in [0.05, 0.1) is 23.1 Å². The van der Waals surface area contributed by atoms with Gasteiger partial charge in [0.25, 0.3) is 5.91 Å². The molecule has 0 aliphatic rings. The molecule has 6 rings (SSSR count). The van der Waals surface area contributed by atoms with Gasteiger partial charge < -0.3 is 14.2 Å². The Balaban J connectivity index is 1.35. The molecule has 0 bridgehead atoms. The van der Waals surface area contributed by atoms with E-state index >= 15 is 0 Å². The monoisotopic (exact) mass is 520 g/mol. The molecule has 0 unspecified atom stereocenters. The van der Waals surface area contributed by atoms with Crippen molar-refractivity contribution in [3.63, 3.8) is 0 Å². The van der Waals surface area contributed by atoms with Crippen LogP contribution in [0.2, 0.25) is 5.02 Å². The number of rotatable bonds is 6. The van der Waals surface area contributed by atoms with E-state index in [0.29, 0.717) is 28.5 Å². The number of fused-ring (bicyclic) bond motifs is 2. The molecule has 3 aromatic carbocycles. The molecule has 0 aliphatic carbocycles. The van der Waals surface area contributed by atoms with Gasteiger partial charge in [-0.25, -0.2) is 4.98 Å². The summed E-state index contributed by atoms with van der Waals surface area (Å²) >= 11 is 6.36. The molecule has 0 aliphatic heterocycles. The van der Waals surface area contributed by atoms with Crippen molar-refractivity contribution >= 4 is 45.1 Å². The molecule has 0 radical (unpaired) electrons. The first-order chi connectivity index (χ1) is 18.6. The number of carbonyl (C=O) groups is 1. The zero-order valence-electron chi connectivity index (χ0n) is 20.1. The Bertz CT molecular complexity index is 1820. The zero-order valence-corrected chi connectivity index (χ0v) is 20.8. The van der Waals surface area contributed by atoms with Gasteiger partial charge in [0, 0.05) is 16.6 Å². The van der Waals surface area contributed by atoms with Crippen molar-refractivity contribution in [1.82, 2.24) is 19.1 Å². The Labute approximate surface area is 222 Å². The third-order valence-electron chi connectivity index (χ3n) is 6.31. The molecular weight excluding hydrogens is 500 g/mol. The van der Waals surface area contributed by atoms with Gasteiger partial charge in [0.2, 0.25) is 5.88 Å². The van der Waals surface area contributed by atoms with Crippen molar-refractivity contribution in [3.05, 3.63) is 108 Å². The predicted molar refractivity (Wildman–Crippen MR) is 147 cm³/mol. The first-order valence-electron chi connectivity index (χ1n) is 11.9. The number of hydrogen-bond acceptors (Lipinski definition) is 5. The Kier molecular flexibility index (Phi) is 6.15. The van der Waals surface area contributed by atoms with Crippen LogP contribution < -0.4 is 0 Å². The predicted octanol–water partition coefficient (Wildman–Crippen LogP) is 6.77. The lowest BCUT2D eigenvalue weighted by Gasteiger charge is -2.08. The Morgan fingerprint density at radius 1 is 0.868 bits per heavy atom. The molecule has 0 atom stereocenters. The maximum atomic E-state index is 13.1. The van der Waals surface area contributed by atoms with E-state index in [4.69, 9.17) is 11.6 Å². The molecule has 0 saturated carbocycles. The number of nitrogens with zero attached hydrogens (tertiary/aromatic N) is 6. The van der Waals surface area contributed by atoms with Gasteiger partial charge in [-0.1, -0.05) is 66.2 Å². The number of pyridine rings is 1. The number of azo groups is 1. The molecule has 3 aromatic heterocycles. The first-order valence-corrected chi connectivity index (χ1v) is 12.3. The number of aromatic hydroxyl groups is 1. The summed E-state index contributed by atoms with van der Waals surface area (Å²) in [4.78, 5) is 22.1. The van der Waals surface area contributed by atoms with Crippen LogP contribution in [0.25, 0.3) is 33.5 Å². The van der Waals surface area contributed by atoms with E-state index in [1.165, 1.54) is 0 Å². The molecular formula is C29H21ClN6O2. The van der Waals surface area contributed by atoms with E-state index in [-0.39, 0.29) is 18.1 Å². The number of carbonyl (C=O) groups excluding carboxylic acids is 1. The van der Waals surface area contributed by atoms with Gasteiger partial charge in [-0.15, -0.1) is 10.2 Å². The van der Waals surface area contributed by atoms with Crippen LogP contribution in [0.15, 0.2) is 107 Å². The summed E-state index contributed by atoms with van der Waals surface area (Å²) in [6.45, 7) is 0.249. The Morgan fingerprint density at radius 2 is 1.61 bits per heavy atom. The minimum atomic E-state index is -0.493. The van der Waals surface area contributed by atoms with E-state index in [9.17, 15) is 9.90 Å². The van der Waals surface area contributed by atoms with Crippen LogP contribution in [-0.4, -0.2) is 30.1 Å². The molecule has 0 spiro atoms. The number of imidazole rings is 1. The molecule has 6 aromatic rings. The van der Waals surface area contributed by atoms with E-state index in [1.54, 1.807) is 21.4 Å². The van der Waals surface area contributed by atoms with Crippen LogP contribution in [0.1, 0.15) is 5.56 Å². The van der Waals surface area contributed by atoms with Crippen LogP contribution in [0, 0.1) is 0 Å². The summed E-state index contributed by atoms with van der Waals surface area (Å²) in [5.74, 6) is -0.0212. The lowest BCUT2D eigenvalue weighted by Crippen LogP contribution is -2.09. The van der Waals surface area contributed by atoms with E-state index in [2.05, 4.69) is 20.2 Å². The summed E-state index contributed by atoms with van der Waals surface area (Å²) < 4.78 is 3.48. The van der Waals surface area contributed by atoms with Crippen molar-refractivity contribution in [2.45, 2.75) is 13.1 Å². The molecule has 186 valence electrons. The molecule has 8 nitrogen and oxygen atoms in total. The summed E-state index contributed by atoms with van der Waals surface area (Å²) in [5, 5.41) is 20.6. The highest BCUT2D eigenvalue weighted by Crippen LogP contribution is 2.39. The van der Waals surface area contributed by atoms with Crippen molar-refractivity contribution in [1.29, 1.82) is 0 Å². The zero-order chi connectivity index (χ0) is 26.1. The Morgan fingerprint density at radius 3 is 2.42 bits per heavy atom. The van der Waals surface area contributed by atoms with Gasteiger partial charge >= 0.3 is 0 Å². The highest BCUT2D eigenvalue weighted by molar-refractivity contribution is 6.31. The maximum absolute atomic E-state index is 13.1. The molecule has 1 N–H and O–H groups in total. The summed E-state index contributed by atoms with van der Waals surface area (Å²) in [5.41, 5.74) is 4.01. The van der Waals surface area contributed by atoms with Crippen LogP contribution in [0.4, 0.5) is 5.69 Å². The molecule has 3 heterocycles. The quantitative estimate of drug-likeness (QED) is 0.245. The second-order valence-corrected chi connectivity index (χ2v) is 9.09. The summed E-state index contributed by atoms with van der Waals surface area (Å²) in [7, 11) is 0. The minimum absolute atomic E-state index is 0.0883. The third kappa shape index (κ3) is 4.31. The summed E-state index contributed by atoms with van der Waals surface area (Å²) in [6.07, 6.45) is 1.68. The van der Waals surface area contributed by atoms with Crippen molar-refractivity contribution in [2.75, 3.05) is 0 Å². The fourth-order valence-electron chi connectivity index (χ4n) is 4.53.